The summed E-state index contributed by atoms with van der Waals surface area (Å²) in [7, 11) is 0. The van der Waals surface area contributed by atoms with E-state index in [1.165, 1.54) is 42.7 Å². The summed E-state index contributed by atoms with van der Waals surface area (Å²) in [6.07, 6.45) is 1.06. The van der Waals surface area contributed by atoms with Crippen LogP contribution in [0.4, 0.5) is 5.69 Å². The number of imide groups is 1. The van der Waals surface area contributed by atoms with Crippen molar-refractivity contribution in [2.45, 2.75) is 13.0 Å². The largest absolute Gasteiger partial charge is 0.467 e. The summed E-state index contributed by atoms with van der Waals surface area (Å²) >= 11 is 0. The molecule has 1 aliphatic rings. The number of carbonyl (C=O) groups excluding carboxylic acids is 4. The minimum Gasteiger partial charge on any atom is -0.467 e. The van der Waals surface area contributed by atoms with E-state index in [0.717, 1.165) is 11.0 Å². The van der Waals surface area contributed by atoms with Crippen LogP contribution in [-0.2, 0) is 11.3 Å². The Hall–Kier alpha value is -5.59. The van der Waals surface area contributed by atoms with Crippen molar-refractivity contribution in [2.75, 3.05) is 6.54 Å². The molecule has 0 spiro atoms. The lowest BCUT2D eigenvalue weighted by atomic mass is 10.1. The van der Waals surface area contributed by atoms with Crippen LogP contribution in [0.15, 0.2) is 74.5 Å². The van der Waals surface area contributed by atoms with Crippen LogP contribution in [0.5, 0.6) is 5.75 Å². The van der Waals surface area contributed by atoms with Gasteiger partial charge in [-0.05, 0) is 36.4 Å². The number of esters is 1. The molecule has 0 unspecified atom stereocenters. The number of nitrogens with one attached hydrogen (secondary N) is 1. The predicted octanol–water partition coefficient (Wildman–Crippen LogP) is 2.82. The fourth-order valence-electron chi connectivity index (χ4n) is 4.05. The molecule has 0 atom stereocenters. The first-order chi connectivity index (χ1) is 18.7. The fourth-order valence-corrected chi connectivity index (χ4v) is 4.05. The number of nitro benzene ring substituents is 1. The highest BCUT2D eigenvalue weighted by molar-refractivity contribution is 6.23. The van der Waals surface area contributed by atoms with Gasteiger partial charge in [-0.25, -0.2) is 4.79 Å². The number of hydrogen-bond acceptors (Lipinski definition) is 10. The highest BCUT2D eigenvalue weighted by Crippen LogP contribution is 2.31. The zero-order valence-corrected chi connectivity index (χ0v) is 19.9. The third-order valence-corrected chi connectivity index (χ3v) is 5.90. The van der Waals surface area contributed by atoms with E-state index in [0.29, 0.717) is 11.1 Å². The molecule has 3 heterocycles. The summed E-state index contributed by atoms with van der Waals surface area (Å²) in [4.78, 5) is 73.6. The lowest BCUT2D eigenvalue weighted by Crippen LogP contribution is -2.32. The first-order valence-corrected chi connectivity index (χ1v) is 11.5. The van der Waals surface area contributed by atoms with E-state index >= 15 is 0 Å². The van der Waals surface area contributed by atoms with E-state index in [2.05, 4.69) is 5.32 Å². The SMILES string of the molecule is O=C(CCN1C(=O)c2cccc([N+](=O)[O-])c2C1=O)Oc1ccc2cc(C(=O)NCc3ccco3)c(=O)oc2c1. The van der Waals surface area contributed by atoms with Gasteiger partial charge in [-0.1, -0.05) is 6.07 Å². The number of fused-ring (bicyclic) bond motifs is 2. The zero-order chi connectivity index (χ0) is 27.7. The van der Waals surface area contributed by atoms with E-state index in [4.69, 9.17) is 13.6 Å². The number of nitrogens with zero attached hydrogens (tertiary/aromatic N) is 2. The van der Waals surface area contributed by atoms with Gasteiger partial charge >= 0.3 is 11.6 Å². The molecule has 0 saturated carbocycles. The van der Waals surface area contributed by atoms with Gasteiger partial charge in [0.05, 0.1) is 29.7 Å². The maximum Gasteiger partial charge on any atom is 0.349 e. The number of benzene rings is 2. The second-order valence-electron chi connectivity index (χ2n) is 8.35. The van der Waals surface area contributed by atoms with E-state index in [-0.39, 0.29) is 41.1 Å². The quantitative estimate of drug-likeness (QED) is 0.0887. The van der Waals surface area contributed by atoms with Crippen molar-refractivity contribution in [2.24, 2.45) is 0 Å². The number of furan rings is 1. The fraction of sp³-hybridized carbons (Fsp3) is 0.115. The molecule has 3 amide bonds. The third-order valence-electron chi connectivity index (χ3n) is 5.90. The van der Waals surface area contributed by atoms with Gasteiger partial charge in [-0.2, -0.15) is 0 Å². The topological polar surface area (TPSA) is 179 Å². The molecular formula is C26H17N3O10. The van der Waals surface area contributed by atoms with Crippen LogP contribution in [0.3, 0.4) is 0 Å². The molecule has 4 aromatic rings. The van der Waals surface area contributed by atoms with Crippen molar-refractivity contribution < 1.29 is 37.7 Å². The Balaban J connectivity index is 1.24. The van der Waals surface area contributed by atoms with Gasteiger partial charge in [-0.15, -0.1) is 0 Å². The van der Waals surface area contributed by atoms with Gasteiger partial charge in [-0.3, -0.25) is 34.2 Å². The molecule has 0 saturated heterocycles. The number of carbonyl (C=O) groups is 4. The smallest absolute Gasteiger partial charge is 0.349 e. The molecule has 0 bridgehead atoms. The van der Waals surface area contributed by atoms with E-state index in [1.54, 1.807) is 12.1 Å². The first kappa shape index (κ1) is 25.1. The average Bonchev–Trinajstić information content (AvgIpc) is 3.52. The molecule has 13 nitrogen and oxygen atoms in total. The van der Waals surface area contributed by atoms with Crippen molar-refractivity contribution in [3.63, 3.8) is 0 Å². The Morgan fingerprint density at radius 1 is 1.03 bits per heavy atom. The molecule has 0 fully saturated rings. The molecule has 5 rings (SSSR count). The number of nitro groups is 1. The average molecular weight is 531 g/mol. The highest BCUT2D eigenvalue weighted by Gasteiger charge is 2.40. The Bertz CT molecular complexity index is 1720. The third kappa shape index (κ3) is 4.87. The first-order valence-electron chi connectivity index (χ1n) is 11.5. The molecule has 13 heteroatoms. The molecular weight excluding hydrogens is 514 g/mol. The Labute approximate surface area is 217 Å². The van der Waals surface area contributed by atoms with E-state index in [9.17, 15) is 34.1 Å². The Morgan fingerprint density at radius 2 is 1.85 bits per heavy atom. The molecule has 0 radical (unpaired) electrons. The minimum atomic E-state index is -0.900. The van der Waals surface area contributed by atoms with Gasteiger partial charge < -0.3 is 18.9 Å². The lowest BCUT2D eigenvalue weighted by molar-refractivity contribution is -0.385. The second-order valence-corrected chi connectivity index (χ2v) is 8.35. The van der Waals surface area contributed by atoms with Crippen molar-refractivity contribution in [1.29, 1.82) is 0 Å². The monoisotopic (exact) mass is 531 g/mol. The summed E-state index contributed by atoms with van der Waals surface area (Å²) in [6.45, 7) is -0.280. The highest BCUT2D eigenvalue weighted by atomic mass is 16.6. The molecule has 0 aliphatic carbocycles. The minimum absolute atomic E-state index is 0.0173. The van der Waals surface area contributed by atoms with Crippen molar-refractivity contribution in [3.05, 3.63) is 104 Å². The number of amides is 3. The summed E-state index contributed by atoms with van der Waals surface area (Å²) in [5.41, 5.74) is -1.99. The standard InChI is InChI=1S/C26H17N3O10/c30-21(8-9-28-24(32)17-4-1-5-19(29(35)36)22(17)25(28)33)38-15-7-6-14-11-18(26(34)39-20(14)12-15)23(31)27-13-16-3-2-10-37-16/h1-7,10-12H,8-9,13H2,(H,27,31). The lowest BCUT2D eigenvalue weighted by Gasteiger charge is -2.13. The Morgan fingerprint density at radius 3 is 2.59 bits per heavy atom. The van der Waals surface area contributed by atoms with Gasteiger partial charge in [0.1, 0.15) is 28.2 Å². The number of ether oxygens (including phenoxy) is 1. The van der Waals surface area contributed by atoms with Crippen molar-refractivity contribution in [1.82, 2.24) is 10.2 Å². The van der Waals surface area contributed by atoms with Crippen LogP contribution in [-0.4, -0.2) is 40.1 Å². The normalized spacial score (nSPS) is 12.5. The summed E-state index contributed by atoms with van der Waals surface area (Å²) < 4.78 is 15.6. The van der Waals surface area contributed by atoms with Crippen molar-refractivity contribution in [3.8, 4) is 5.75 Å². The summed E-state index contributed by atoms with van der Waals surface area (Å²) in [5.74, 6) is -2.56. The van der Waals surface area contributed by atoms with Gasteiger partial charge in [0.25, 0.3) is 23.4 Å². The predicted molar refractivity (Wildman–Crippen MR) is 131 cm³/mol. The number of hydrogen-bond donors (Lipinski definition) is 1. The Kier molecular flexibility index (Phi) is 6.46. The molecule has 2 aromatic heterocycles. The molecule has 196 valence electrons. The zero-order valence-electron chi connectivity index (χ0n) is 19.9. The van der Waals surface area contributed by atoms with Gasteiger partial charge in [0, 0.05) is 24.1 Å². The van der Waals surface area contributed by atoms with E-state index in [1.807, 2.05) is 0 Å². The number of rotatable bonds is 8. The second kappa shape index (κ2) is 10.0. The van der Waals surface area contributed by atoms with Gasteiger partial charge in [0.2, 0.25) is 0 Å². The van der Waals surface area contributed by atoms with Crippen molar-refractivity contribution >= 4 is 40.3 Å². The molecule has 1 aliphatic heterocycles. The van der Waals surface area contributed by atoms with E-state index < -0.39 is 46.3 Å². The van der Waals surface area contributed by atoms with Crippen LogP contribution in [0.25, 0.3) is 11.0 Å². The van der Waals surface area contributed by atoms with Crippen LogP contribution in [0, 0.1) is 10.1 Å². The molecule has 39 heavy (non-hydrogen) atoms. The van der Waals surface area contributed by atoms with Crippen LogP contribution in [0.1, 0.15) is 43.3 Å². The van der Waals surface area contributed by atoms with Crippen LogP contribution in [0.2, 0.25) is 0 Å². The summed E-state index contributed by atoms with van der Waals surface area (Å²) in [5, 5.41) is 14.2. The maximum atomic E-state index is 12.6. The summed E-state index contributed by atoms with van der Waals surface area (Å²) in [6, 6.07) is 12.6. The van der Waals surface area contributed by atoms with Gasteiger partial charge in [0.15, 0.2) is 0 Å². The molecule has 2 aromatic carbocycles. The molecule has 1 N–H and O–H groups in total. The van der Waals surface area contributed by atoms with Crippen LogP contribution >= 0.6 is 0 Å². The maximum absolute atomic E-state index is 12.6. The van der Waals surface area contributed by atoms with Crippen LogP contribution < -0.4 is 15.7 Å².